The van der Waals surface area contributed by atoms with E-state index in [0.29, 0.717) is 6.61 Å². The zero-order valence-corrected chi connectivity index (χ0v) is 10.6. The summed E-state index contributed by atoms with van der Waals surface area (Å²) in [4.78, 5) is 4.19. The molecule has 1 aromatic rings. The topological polar surface area (TPSA) is 62.3 Å². The first kappa shape index (κ1) is 12.5. The van der Waals surface area contributed by atoms with Gasteiger partial charge in [0, 0.05) is 32.4 Å². The van der Waals surface area contributed by atoms with Crippen molar-refractivity contribution in [2.45, 2.75) is 38.0 Å². The van der Waals surface area contributed by atoms with Crippen LogP contribution in [0.1, 0.15) is 31.5 Å². The van der Waals surface area contributed by atoms with Gasteiger partial charge in [-0.15, -0.1) is 0 Å². The van der Waals surface area contributed by atoms with E-state index in [1.807, 2.05) is 12.5 Å². The summed E-state index contributed by atoms with van der Waals surface area (Å²) < 4.78 is 13.2. The molecule has 0 amide bonds. The third-order valence-electron chi connectivity index (χ3n) is 3.52. The maximum atomic E-state index is 6.07. The molecule has 2 N–H and O–H groups in total. The molecule has 1 fully saturated rings. The summed E-state index contributed by atoms with van der Waals surface area (Å²) in [6, 6.07) is 0.0359. The number of nitrogens with zero attached hydrogens (tertiary/aromatic N) is 2. The Labute approximate surface area is 102 Å². The van der Waals surface area contributed by atoms with Crippen molar-refractivity contribution >= 4 is 0 Å². The molecule has 1 aromatic heterocycles. The van der Waals surface area contributed by atoms with Crippen LogP contribution in [0.25, 0.3) is 0 Å². The van der Waals surface area contributed by atoms with Gasteiger partial charge in [-0.3, -0.25) is 0 Å². The molecule has 2 atom stereocenters. The van der Waals surface area contributed by atoms with Crippen LogP contribution in [0.3, 0.4) is 0 Å². The molecule has 5 nitrogen and oxygen atoms in total. The molecule has 0 spiro atoms. The standard InChI is InChI=1S/C12H21N3O2/c1-3-10(13)11-6-14-9-15(11)7-12(16-2)4-5-17-8-12/h6,9-10H,3-5,7-8,13H2,1-2H3/t10-,12?/m1/s1. The highest BCUT2D eigenvalue weighted by Gasteiger charge is 2.36. The maximum Gasteiger partial charge on any atom is 0.111 e. The lowest BCUT2D eigenvalue weighted by Gasteiger charge is -2.27. The number of hydrogen-bond acceptors (Lipinski definition) is 4. The Balaban J connectivity index is 2.15. The van der Waals surface area contributed by atoms with Crippen molar-refractivity contribution < 1.29 is 9.47 Å². The Morgan fingerprint density at radius 1 is 1.71 bits per heavy atom. The lowest BCUT2D eigenvalue weighted by Crippen LogP contribution is -2.37. The summed E-state index contributed by atoms with van der Waals surface area (Å²) >= 11 is 0. The Kier molecular flexibility index (Phi) is 3.81. The molecule has 5 heteroatoms. The summed E-state index contributed by atoms with van der Waals surface area (Å²) in [5.74, 6) is 0. The number of imidazole rings is 1. The van der Waals surface area contributed by atoms with Crippen LogP contribution in [0, 0.1) is 0 Å². The Bertz CT molecular complexity index is 358. The molecule has 0 bridgehead atoms. The zero-order valence-electron chi connectivity index (χ0n) is 10.6. The monoisotopic (exact) mass is 239 g/mol. The largest absolute Gasteiger partial charge is 0.378 e. The van der Waals surface area contributed by atoms with Gasteiger partial charge in [0.1, 0.15) is 5.60 Å². The maximum absolute atomic E-state index is 6.07. The van der Waals surface area contributed by atoms with Crippen LogP contribution in [0.4, 0.5) is 0 Å². The van der Waals surface area contributed by atoms with Crippen LogP contribution in [-0.4, -0.2) is 35.5 Å². The second-order valence-electron chi connectivity index (χ2n) is 4.65. The number of rotatable bonds is 5. The molecule has 1 saturated heterocycles. The van der Waals surface area contributed by atoms with Crippen LogP contribution in [-0.2, 0) is 16.0 Å². The molecule has 96 valence electrons. The lowest BCUT2D eigenvalue weighted by atomic mass is 10.0. The zero-order chi connectivity index (χ0) is 12.3. The SMILES string of the molecule is CC[C@@H](N)c1cncn1CC1(OC)CCOC1. The minimum atomic E-state index is -0.219. The molecule has 2 heterocycles. The van der Waals surface area contributed by atoms with Gasteiger partial charge in [-0.2, -0.15) is 0 Å². The minimum Gasteiger partial charge on any atom is -0.378 e. The fourth-order valence-electron chi connectivity index (χ4n) is 2.23. The molecule has 1 aliphatic rings. The first-order chi connectivity index (χ1) is 8.21. The highest BCUT2D eigenvalue weighted by Crippen LogP contribution is 2.26. The molecule has 0 aromatic carbocycles. The molecular formula is C12H21N3O2. The van der Waals surface area contributed by atoms with E-state index in [-0.39, 0.29) is 11.6 Å². The number of methoxy groups -OCH3 is 1. The Morgan fingerprint density at radius 2 is 2.53 bits per heavy atom. The smallest absolute Gasteiger partial charge is 0.111 e. The molecule has 0 aliphatic carbocycles. The predicted molar refractivity (Wildman–Crippen MR) is 64.6 cm³/mol. The number of aromatic nitrogens is 2. The molecule has 0 saturated carbocycles. The quantitative estimate of drug-likeness (QED) is 0.835. The fourth-order valence-corrected chi connectivity index (χ4v) is 2.23. The second kappa shape index (κ2) is 5.16. The van der Waals surface area contributed by atoms with Gasteiger partial charge in [0.2, 0.25) is 0 Å². The molecular weight excluding hydrogens is 218 g/mol. The van der Waals surface area contributed by atoms with Gasteiger partial charge in [-0.1, -0.05) is 6.92 Å². The molecule has 1 aliphatic heterocycles. The number of nitrogens with two attached hydrogens (primary N) is 1. The normalized spacial score (nSPS) is 26.3. The van der Waals surface area contributed by atoms with Crippen molar-refractivity contribution in [1.82, 2.24) is 9.55 Å². The first-order valence-electron chi connectivity index (χ1n) is 6.09. The summed E-state index contributed by atoms with van der Waals surface area (Å²) in [5.41, 5.74) is 6.91. The minimum absolute atomic E-state index is 0.0359. The van der Waals surface area contributed by atoms with Crippen molar-refractivity contribution in [3.8, 4) is 0 Å². The van der Waals surface area contributed by atoms with Gasteiger partial charge in [0.25, 0.3) is 0 Å². The van der Waals surface area contributed by atoms with Crippen LogP contribution in [0.15, 0.2) is 12.5 Å². The van der Waals surface area contributed by atoms with Crippen molar-refractivity contribution in [2.75, 3.05) is 20.3 Å². The summed E-state index contributed by atoms with van der Waals surface area (Å²) in [7, 11) is 1.74. The predicted octanol–water partition coefficient (Wildman–Crippen LogP) is 1.10. The van der Waals surface area contributed by atoms with Crippen LogP contribution < -0.4 is 5.73 Å². The fraction of sp³-hybridized carbons (Fsp3) is 0.750. The average molecular weight is 239 g/mol. The highest BCUT2D eigenvalue weighted by atomic mass is 16.5. The number of hydrogen-bond donors (Lipinski definition) is 1. The van der Waals surface area contributed by atoms with Crippen molar-refractivity contribution in [3.05, 3.63) is 18.2 Å². The van der Waals surface area contributed by atoms with E-state index in [1.165, 1.54) is 0 Å². The van der Waals surface area contributed by atoms with Crippen LogP contribution >= 0.6 is 0 Å². The first-order valence-corrected chi connectivity index (χ1v) is 6.09. The molecule has 17 heavy (non-hydrogen) atoms. The number of ether oxygens (including phenoxy) is 2. The van der Waals surface area contributed by atoms with E-state index >= 15 is 0 Å². The van der Waals surface area contributed by atoms with Gasteiger partial charge < -0.3 is 19.8 Å². The van der Waals surface area contributed by atoms with Gasteiger partial charge >= 0.3 is 0 Å². The molecule has 2 rings (SSSR count). The van der Waals surface area contributed by atoms with E-state index in [1.54, 1.807) is 7.11 Å². The summed E-state index contributed by atoms with van der Waals surface area (Å²) in [6.45, 7) is 4.24. The van der Waals surface area contributed by atoms with E-state index in [0.717, 1.165) is 31.7 Å². The second-order valence-corrected chi connectivity index (χ2v) is 4.65. The van der Waals surface area contributed by atoms with Gasteiger partial charge in [0.05, 0.1) is 25.2 Å². The van der Waals surface area contributed by atoms with Crippen LogP contribution in [0.2, 0.25) is 0 Å². The third kappa shape index (κ3) is 2.51. The summed E-state index contributed by atoms with van der Waals surface area (Å²) in [6.07, 6.45) is 5.49. The van der Waals surface area contributed by atoms with Gasteiger partial charge in [-0.05, 0) is 6.42 Å². The van der Waals surface area contributed by atoms with Crippen molar-refractivity contribution in [1.29, 1.82) is 0 Å². The Morgan fingerprint density at radius 3 is 3.12 bits per heavy atom. The van der Waals surface area contributed by atoms with Gasteiger partial charge in [0.15, 0.2) is 0 Å². The van der Waals surface area contributed by atoms with Gasteiger partial charge in [-0.25, -0.2) is 4.98 Å². The third-order valence-corrected chi connectivity index (χ3v) is 3.52. The average Bonchev–Trinajstić information content (AvgIpc) is 2.98. The van der Waals surface area contributed by atoms with Crippen molar-refractivity contribution in [2.24, 2.45) is 5.73 Å². The lowest BCUT2D eigenvalue weighted by molar-refractivity contribution is -0.0301. The van der Waals surface area contributed by atoms with Crippen molar-refractivity contribution in [3.63, 3.8) is 0 Å². The Hall–Kier alpha value is -0.910. The van der Waals surface area contributed by atoms with E-state index in [2.05, 4.69) is 16.5 Å². The molecule has 0 radical (unpaired) electrons. The molecule has 1 unspecified atom stereocenters. The van der Waals surface area contributed by atoms with Crippen LogP contribution in [0.5, 0.6) is 0 Å². The summed E-state index contributed by atoms with van der Waals surface area (Å²) in [5, 5.41) is 0. The van der Waals surface area contributed by atoms with E-state index in [4.69, 9.17) is 15.2 Å². The highest BCUT2D eigenvalue weighted by molar-refractivity contribution is 5.05. The van der Waals surface area contributed by atoms with E-state index < -0.39 is 0 Å². The van der Waals surface area contributed by atoms with E-state index in [9.17, 15) is 0 Å².